The number of hydrogen-bond acceptors (Lipinski definition) is 3. The number of nitrogens with zero attached hydrogens (tertiary/aromatic N) is 2. The van der Waals surface area contributed by atoms with E-state index in [4.69, 9.17) is 11.6 Å². The van der Waals surface area contributed by atoms with Crippen molar-refractivity contribution in [1.29, 1.82) is 0 Å². The zero-order valence-corrected chi connectivity index (χ0v) is 15.9. The quantitative estimate of drug-likeness (QED) is 0.618. The van der Waals surface area contributed by atoms with Crippen molar-refractivity contribution in [1.82, 2.24) is 5.32 Å². The molecule has 3 heterocycles. The Morgan fingerprint density at radius 3 is 2.74 bits per heavy atom. The predicted molar refractivity (Wildman–Crippen MR) is 112 cm³/mol. The minimum atomic E-state index is -0.0731. The van der Waals surface area contributed by atoms with Gasteiger partial charge < -0.3 is 5.32 Å². The average Bonchev–Trinajstić information content (AvgIpc) is 3.41. The van der Waals surface area contributed by atoms with Crippen LogP contribution in [0.5, 0.6) is 0 Å². The maximum atomic E-state index is 12.5. The van der Waals surface area contributed by atoms with Crippen molar-refractivity contribution in [3.8, 4) is 10.4 Å². The first-order valence-corrected chi connectivity index (χ1v) is 9.97. The number of anilines is 1. The average molecular weight is 394 g/mol. The van der Waals surface area contributed by atoms with Gasteiger partial charge in [0.05, 0.1) is 16.1 Å². The third-order valence-corrected chi connectivity index (χ3v) is 6.30. The van der Waals surface area contributed by atoms with Crippen LogP contribution in [0, 0.1) is 0 Å². The highest BCUT2D eigenvalue weighted by Gasteiger charge is 2.33. The molecule has 1 atom stereocenters. The van der Waals surface area contributed by atoms with Crippen LogP contribution in [0.15, 0.2) is 59.6 Å². The summed E-state index contributed by atoms with van der Waals surface area (Å²) in [7, 11) is 0. The molecule has 27 heavy (non-hydrogen) atoms. The van der Waals surface area contributed by atoms with E-state index in [0.717, 1.165) is 38.1 Å². The van der Waals surface area contributed by atoms with Gasteiger partial charge in [-0.2, -0.15) is 0 Å². The number of thiophene rings is 1. The Bertz CT molecular complexity index is 1060. The van der Waals surface area contributed by atoms with Crippen molar-refractivity contribution >= 4 is 46.6 Å². The van der Waals surface area contributed by atoms with E-state index in [1.807, 2.05) is 35.4 Å². The van der Waals surface area contributed by atoms with Gasteiger partial charge in [0.25, 0.3) is 0 Å². The van der Waals surface area contributed by atoms with Gasteiger partial charge >= 0.3 is 6.03 Å². The summed E-state index contributed by atoms with van der Waals surface area (Å²) in [6.45, 7) is 0.587. The highest BCUT2D eigenvalue weighted by molar-refractivity contribution is 7.19. The second kappa shape index (κ2) is 6.51. The molecule has 4 nitrogen and oxygen atoms in total. The SMILES string of the molecule is O=C1NCC(c2ccc(-c3ccc(Cl)s3)cc2)N1c1ccc2c(c1)N=CC2. The third-order valence-electron chi connectivity index (χ3n) is 5.02. The number of amides is 2. The van der Waals surface area contributed by atoms with Crippen LogP contribution in [0.3, 0.4) is 0 Å². The molecule has 2 aliphatic heterocycles. The van der Waals surface area contributed by atoms with Gasteiger partial charge in [-0.3, -0.25) is 9.89 Å². The number of fused-ring (bicyclic) bond motifs is 1. The van der Waals surface area contributed by atoms with Gasteiger partial charge in [-0.15, -0.1) is 11.3 Å². The summed E-state index contributed by atoms with van der Waals surface area (Å²) in [6.07, 6.45) is 2.77. The third kappa shape index (κ3) is 2.93. The van der Waals surface area contributed by atoms with Gasteiger partial charge in [0.2, 0.25) is 0 Å². The van der Waals surface area contributed by atoms with E-state index in [1.165, 1.54) is 5.56 Å². The number of carbonyl (C=O) groups excluding carboxylic acids is 1. The molecule has 1 aromatic heterocycles. The van der Waals surface area contributed by atoms with Crippen LogP contribution in [0.1, 0.15) is 17.2 Å². The molecular weight excluding hydrogens is 378 g/mol. The second-order valence-electron chi connectivity index (χ2n) is 6.63. The summed E-state index contributed by atoms with van der Waals surface area (Å²) in [4.78, 5) is 19.9. The normalized spacial score (nSPS) is 18.0. The molecule has 5 rings (SSSR count). The Morgan fingerprint density at radius 1 is 1.11 bits per heavy atom. The second-order valence-corrected chi connectivity index (χ2v) is 8.34. The van der Waals surface area contributed by atoms with Crippen molar-refractivity contribution in [3.05, 3.63) is 70.1 Å². The number of halogens is 1. The van der Waals surface area contributed by atoms with Gasteiger partial charge in [0, 0.05) is 29.7 Å². The van der Waals surface area contributed by atoms with Crippen LogP contribution in [0.25, 0.3) is 10.4 Å². The molecule has 6 heteroatoms. The zero-order valence-electron chi connectivity index (χ0n) is 14.4. The van der Waals surface area contributed by atoms with E-state index in [-0.39, 0.29) is 12.1 Å². The van der Waals surface area contributed by atoms with Crippen LogP contribution in [0.4, 0.5) is 16.2 Å². The number of nitrogens with one attached hydrogen (secondary N) is 1. The lowest BCUT2D eigenvalue weighted by Crippen LogP contribution is -2.29. The molecule has 1 unspecified atom stereocenters. The topological polar surface area (TPSA) is 44.7 Å². The van der Waals surface area contributed by atoms with E-state index in [0.29, 0.717) is 6.54 Å². The molecule has 1 fully saturated rings. The maximum Gasteiger partial charge on any atom is 0.322 e. The van der Waals surface area contributed by atoms with Crippen molar-refractivity contribution in [3.63, 3.8) is 0 Å². The number of carbonyl (C=O) groups is 1. The number of benzene rings is 2. The van der Waals surface area contributed by atoms with Crippen LogP contribution in [-0.2, 0) is 6.42 Å². The number of aliphatic imine (C=N–C) groups is 1. The smallest absolute Gasteiger partial charge is 0.322 e. The van der Waals surface area contributed by atoms with E-state index < -0.39 is 0 Å². The molecule has 0 spiro atoms. The molecule has 2 aliphatic rings. The maximum absolute atomic E-state index is 12.5. The summed E-state index contributed by atoms with van der Waals surface area (Å²) in [5, 5.41) is 2.97. The van der Waals surface area contributed by atoms with E-state index >= 15 is 0 Å². The number of urea groups is 1. The van der Waals surface area contributed by atoms with Gasteiger partial charge in [0.15, 0.2) is 0 Å². The molecule has 0 radical (unpaired) electrons. The van der Waals surface area contributed by atoms with Crippen LogP contribution < -0.4 is 10.2 Å². The van der Waals surface area contributed by atoms with Gasteiger partial charge in [-0.25, -0.2) is 4.79 Å². The first-order chi connectivity index (χ1) is 13.2. The Morgan fingerprint density at radius 2 is 1.96 bits per heavy atom. The van der Waals surface area contributed by atoms with Crippen LogP contribution >= 0.6 is 22.9 Å². The molecule has 3 aromatic rings. The zero-order chi connectivity index (χ0) is 18.4. The molecule has 1 N–H and O–H groups in total. The monoisotopic (exact) mass is 393 g/mol. The summed E-state index contributed by atoms with van der Waals surface area (Å²) in [5.74, 6) is 0. The van der Waals surface area contributed by atoms with Crippen molar-refractivity contribution < 1.29 is 4.79 Å². The van der Waals surface area contributed by atoms with Crippen molar-refractivity contribution in [2.24, 2.45) is 4.99 Å². The molecule has 134 valence electrons. The minimum absolute atomic E-state index is 0.0399. The van der Waals surface area contributed by atoms with E-state index in [2.05, 4.69) is 40.6 Å². The lowest BCUT2D eigenvalue weighted by molar-refractivity contribution is 0.251. The van der Waals surface area contributed by atoms with E-state index in [1.54, 1.807) is 11.3 Å². The van der Waals surface area contributed by atoms with Crippen molar-refractivity contribution in [2.75, 3.05) is 11.4 Å². The summed E-state index contributed by atoms with van der Waals surface area (Å²) in [6, 6.07) is 18.2. The summed E-state index contributed by atoms with van der Waals surface area (Å²) < 4.78 is 0.783. The largest absolute Gasteiger partial charge is 0.335 e. The lowest BCUT2D eigenvalue weighted by Gasteiger charge is -2.24. The molecule has 0 saturated carbocycles. The fourth-order valence-corrected chi connectivity index (χ4v) is 4.69. The Kier molecular flexibility index (Phi) is 3.99. The number of rotatable bonds is 3. The fourth-order valence-electron chi connectivity index (χ4n) is 3.64. The highest BCUT2D eigenvalue weighted by atomic mass is 35.5. The summed E-state index contributed by atoms with van der Waals surface area (Å²) in [5.41, 5.74) is 5.27. The van der Waals surface area contributed by atoms with Crippen LogP contribution in [0.2, 0.25) is 4.34 Å². The molecule has 2 aromatic carbocycles. The Balaban J connectivity index is 1.46. The molecular formula is C21H16ClN3OS. The molecule has 0 bridgehead atoms. The fraction of sp³-hybridized carbons (Fsp3) is 0.143. The van der Waals surface area contributed by atoms with Crippen molar-refractivity contribution in [2.45, 2.75) is 12.5 Å². The molecule has 1 saturated heterocycles. The predicted octanol–water partition coefficient (Wildman–Crippen LogP) is 5.60. The first-order valence-electron chi connectivity index (χ1n) is 8.77. The summed E-state index contributed by atoms with van der Waals surface area (Å²) >= 11 is 7.61. The number of hydrogen-bond donors (Lipinski definition) is 1. The van der Waals surface area contributed by atoms with Gasteiger partial charge in [-0.05, 0) is 41.0 Å². The Labute approximate surface area is 166 Å². The minimum Gasteiger partial charge on any atom is -0.335 e. The first kappa shape index (κ1) is 16.5. The lowest BCUT2D eigenvalue weighted by atomic mass is 10.0. The van der Waals surface area contributed by atoms with Crippen LogP contribution in [-0.4, -0.2) is 18.8 Å². The Hall–Kier alpha value is -2.63. The molecule has 2 amide bonds. The highest BCUT2D eigenvalue weighted by Crippen LogP contribution is 2.36. The van der Waals surface area contributed by atoms with E-state index in [9.17, 15) is 4.79 Å². The molecule has 0 aliphatic carbocycles. The van der Waals surface area contributed by atoms with Gasteiger partial charge in [-0.1, -0.05) is 41.9 Å². The standard InChI is InChI=1S/C21H16ClN3OS/c22-20-8-7-19(27-20)15-3-1-14(2-4-15)18-12-24-21(26)25(18)16-6-5-13-9-10-23-17(13)11-16/h1-8,10-11,18H,9,12H2,(H,24,26). The van der Waals surface area contributed by atoms with Gasteiger partial charge in [0.1, 0.15) is 0 Å².